The minimum atomic E-state index is -0.708. The molecule has 5 aromatic rings. The number of carbonyl (C=O) groups excluding carboxylic acids is 5. The molecule has 5 aliphatic rings. The van der Waals surface area contributed by atoms with Crippen LogP contribution in [0.5, 0.6) is 17.2 Å². The van der Waals surface area contributed by atoms with Crippen molar-refractivity contribution in [2.45, 2.75) is 70.1 Å². The van der Waals surface area contributed by atoms with E-state index >= 15 is 0 Å². The zero-order chi connectivity index (χ0) is 46.9. The average Bonchev–Trinajstić information content (AvgIpc) is 3.96. The molecular weight excluding hydrogens is 887 g/mol. The van der Waals surface area contributed by atoms with Gasteiger partial charge in [-0.1, -0.05) is 48.5 Å². The summed E-state index contributed by atoms with van der Waals surface area (Å²) >= 11 is 1.64. The first-order valence-electron chi connectivity index (χ1n) is 22.5. The molecule has 5 aromatic carbocycles. The van der Waals surface area contributed by atoms with Crippen molar-refractivity contribution < 1.29 is 47.8 Å². The standard InChI is InChI=1S/C52H47N5O10S/c1-31-17-39-41(53-26-37-21-35-7-3-5-9-43(35)55(37)51(39)61)24-45(31)65-28-32-18-33(20-34(19-32)30-68-16-15-64-14-13-50(60)67-57-48(58)11-12-49(57)59)29-66-47-25-42-40(23-46(47)63-2)52(62)56-38(27-54-42)22-36-8-4-6-10-44(36)56/h3-10,17-20,23-27,37-38H,11-16,21-22,28-30H2,1-2H3/t37-,38-/m0/s1. The highest BCUT2D eigenvalue weighted by molar-refractivity contribution is 7.98. The summed E-state index contributed by atoms with van der Waals surface area (Å²) in [5.41, 5.74) is 9.61. The molecule has 0 bridgehead atoms. The van der Waals surface area contributed by atoms with Gasteiger partial charge in [-0.05, 0) is 70.6 Å². The Bertz CT molecular complexity index is 2920. The number of methoxy groups -OCH3 is 1. The number of carbonyl (C=O) groups is 5. The van der Waals surface area contributed by atoms with Crippen LogP contribution in [0, 0.1) is 6.92 Å². The SMILES string of the molecule is COc1cc2c(cc1OCc1cc(COc3cc4c(cc3C)C(=O)N3c5ccccc5C[C@H]3C=N4)cc(CSCCOCCC(=O)ON3C(=O)CCC3=O)c1)N=C[C@@H]1Cc3ccccc3N1C2=O. The monoisotopic (exact) mass is 933 g/mol. The van der Waals surface area contributed by atoms with Crippen molar-refractivity contribution in [3.63, 3.8) is 0 Å². The Balaban J connectivity index is 0.833. The highest BCUT2D eigenvalue weighted by Crippen LogP contribution is 2.42. The average molecular weight is 934 g/mol. The fraction of sp³-hybridized carbons (Fsp3) is 0.288. The summed E-state index contributed by atoms with van der Waals surface area (Å²) in [7, 11) is 1.54. The second-order valence-corrected chi connectivity index (χ2v) is 18.2. The van der Waals surface area contributed by atoms with E-state index in [4.69, 9.17) is 33.8 Å². The molecular formula is C52H47N5O10S. The minimum Gasteiger partial charge on any atom is -0.493 e. The Morgan fingerprint density at radius 2 is 1.24 bits per heavy atom. The first kappa shape index (κ1) is 44.5. The van der Waals surface area contributed by atoms with E-state index in [-0.39, 0.29) is 63.0 Å². The van der Waals surface area contributed by atoms with E-state index in [9.17, 15) is 24.0 Å². The van der Waals surface area contributed by atoms with Crippen molar-refractivity contribution in [3.8, 4) is 17.2 Å². The Labute approximate surface area is 396 Å². The molecule has 2 atom stereocenters. The number of imide groups is 1. The van der Waals surface area contributed by atoms with Gasteiger partial charge in [0, 0.05) is 73.1 Å². The lowest BCUT2D eigenvalue weighted by atomic mass is 10.1. The van der Waals surface area contributed by atoms with Gasteiger partial charge in [-0.15, -0.1) is 5.06 Å². The van der Waals surface area contributed by atoms with E-state index < -0.39 is 17.8 Å². The molecule has 10 rings (SSSR count). The van der Waals surface area contributed by atoms with Crippen molar-refractivity contribution in [1.29, 1.82) is 0 Å². The maximum absolute atomic E-state index is 14.0. The number of para-hydroxylation sites is 2. The summed E-state index contributed by atoms with van der Waals surface area (Å²) in [5.74, 6) is 0.710. The molecule has 0 spiro atoms. The van der Waals surface area contributed by atoms with Gasteiger partial charge in [-0.2, -0.15) is 11.8 Å². The van der Waals surface area contributed by atoms with Gasteiger partial charge < -0.3 is 23.8 Å². The number of benzene rings is 5. The number of rotatable bonds is 16. The number of hydrogen-bond donors (Lipinski definition) is 0. The van der Waals surface area contributed by atoms with Crippen LogP contribution in [-0.4, -0.2) is 85.3 Å². The molecule has 4 amide bonds. The number of aliphatic imine (C=N–C) groups is 2. The highest BCUT2D eigenvalue weighted by Gasteiger charge is 2.38. The molecule has 15 nitrogen and oxygen atoms in total. The zero-order valence-electron chi connectivity index (χ0n) is 37.5. The van der Waals surface area contributed by atoms with Crippen LogP contribution in [0.15, 0.2) is 101 Å². The second-order valence-electron chi connectivity index (χ2n) is 17.1. The van der Waals surface area contributed by atoms with E-state index in [1.165, 1.54) is 0 Å². The maximum Gasteiger partial charge on any atom is 0.335 e. The summed E-state index contributed by atoms with van der Waals surface area (Å²) in [6.07, 6.45) is 5.04. The van der Waals surface area contributed by atoms with E-state index in [0.29, 0.717) is 75.8 Å². The molecule has 1 saturated heterocycles. The number of amides is 4. The van der Waals surface area contributed by atoms with E-state index in [1.807, 2.05) is 84.9 Å². The quantitative estimate of drug-likeness (QED) is 0.0696. The molecule has 346 valence electrons. The number of fused-ring (bicyclic) bond motifs is 8. The topological polar surface area (TPSA) is 166 Å². The molecule has 0 N–H and O–H groups in total. The molecule has 0 saturated carbocycles. The Hall–Kier alpha value is -7.30. The number of thioether (sulfide) groups is 1. The van der Waals surface area contributed by atoms with E-state index in [0.717, 1.165) is 44.8 Å². The summed E-state index contributed by atoms with van der Waals surface area (Å²) in [5, 5.41) is 0.535. The lowest BCUT2D eigenvalue weighted by molar-refractivity contribution is -0.198. The molecule has 16 heteroatoms. The van der Waals surface area contributed by atoms with Crippen molar-refractivity contribution in [2.75, 3.05) is 35.9 Å². The third-order valence-corrected chi connectivity index (χ3v) is 13.5. The maximum atomic E-state index is 14.0. The van der Waals surface area contributed by atoms with Crippen LogP contribution in [0.3, 0.4) is 0 Å². The molecule has 1 fully saturated rings. The van der Waals surface area contributed by atoms with Crippen molar-refractivity contribution >= 4 is 76.5 Å². The fourth-order valence-corrected chi connectivity index (χ4v) is 9.95. The van der Waals surface area contributed by atoms with Crippen molar-refractivity contribution in [3.05, 3.63) is 136 Å². The van der Waals surface area contributed by atoms with Crippen LogP contribution in [0.25, 0.3) is 0 Å². The van der Waals surface area contributed by atoms with Gasteiger partial charge in [0.1, 0.15) is 19.0 Å². The fourth-order valence-electron chi connectivity index (χ4n) is 9.17. The van der Waals surface area contributed by atoms with Gasteiger partial charge in [0.25, 0.3) is 23.6 Å². The van der Waals surface area contributed by atoms with Crippen molar-refractivity contribution in [1.82, 2.24) is 5.06 Å². The molecule has 0 aliphatic carbocycles. The molecule has 5 aliphatic heterocycles. The lowest BCUT2D eigenvalue weighted by Gasteiger charge is -2.22. The van der Waals surface area contributed by atoms with Crippen LogP contribution < -0.4 is 24.0 Å². The number of nitrogens with zero attached hydrogens (tertiary/aromatic N) is 5. The predicted molar refractivity (Wildman–Crippen MR) is 256 cm³/mol. The van der Waals surface area contributed by atoms with Crippen LogP contribution >= 0.6 is 11.8 Å². The molecule has 5 heterocycles. The summed E-state index contributed by atoms with van der Waals surface area (Å²) < 4.78 is 24.4. The first-order valence-corrected chi connectivity index (χ1v) is 23.6. The van der Waals surface area contributed by atoms with Crippen LogP contribution in [0.4, 0.5) is 22.7 Å². The summed E-state index contributed by atoms with van der Waals surface area (Å²) in [4.78, 5) is 81.8. The normalized spacial score (nSPS) is 17.5. The first-order chi connectivity index (χ1) is 33.1. The smallest absolute Gasteiger partial charge is 0.335 e. The number of hydrogen-bond acceptors (Lipinski definition) is 13. The van der Waals surface area contributed by atoms with Gasteiger partial charge >= 0.3 is 5.97 Å². The second kappa shape index (κ2) is 19.1. The molecule has 0 unspecified atom stereocenters. The largest absolute Gasteiger partial charge is 0.493 e. The van der Waals surface area contributed by atoms with Gasteiger partial charge in [0.15, 0.2) is 11.5 Å². The predicted octanol–water partition coefficient (Wildman–Crippen LogP) is 7.98. The third-order valence-electron chi connectivity index (χ3n) is 12.5. The zero-order valence-corrected chi connectivity index (χ0v) is 38.3. The van der Waals surface area contributed by atoms with E-state index in [1.54, 1.807) is 35.9 Å². The number of aryl methyl sites for hydroxylation is 1. The molecule has 68 heavy (non-hydrogen) atoms. The lowest BCUT2D eigenvalue weighted by Crippen LogP contribution is -2.37. The van der Waals surface area contributed by atoms with Crippen LogP contribution in [0.2, 0.25) is 0 Å². The van der Waals surface area contributed by atoms with Gasteiger partial charge in [-0.25, -0.2) is 4.79 Å². The Kier molecular flexibility index (Phi) is 12.5. The van der Waals surface area contributed by atoms with Gasteiger partial charge in [0.05, 0.1) is 61.3 Å². The summed E-state index contributed by atoms with van der Waals surface area (Å²) in [6.45, 7) is 2.76. The number of ether oxygens (including phenoxy) is 4. The number of anilines is 2. The van der Waals surface area contributed by atoms with Gasteiger partial charge in [-0.3, -0.25) is 39.0 Å². The van der Waals surface area contributed by atoms with Gasteiger partial charge in [0.2, 0.25) is 0 Å². The van der Waals surface area contributed by atoms with E-state index in [2.05, 4.69) is 18.2 Å². The number of hydroxylamine groups is 2. The van der Waals surface area contributed by atoms with Crippen molar-refractivity contribution in [2.24, 2.45) is 9.98 Å². The molecule has 0 radical (unpaired) electrons. The van der Waals surface area contributed by atoms with Crippen LogP contribution in [-0.2, 0) is 55.8 Å². The van der Waals surface area contributed by atoms with Crippen LogP contribution in [0.1, 0.15) is 73.4 Å². The Morgan fingerprint density at radius 1 is 0.676 bits per heavy atom. The Morgan fingerprint density at radius 3 is 1.85 bits per heavy atom. The summed E-state index contributed by atoms with van der Waals surface area (Å²) in [6, 6.07) is 28.8. The third kappa shape index (κ3) is 8.96. The highest BCUT2D eigenvalue weighted by atomic mass is 32.2. The molecule has 0 aromatic heterocycles. The minimum absolute atomic E-state index is 0.0327.